The van der Waals surface area contributed by atoms with Gasteiger partial charge >= 0.3 is 0 Å². The van der Waals surface area contributed by atoms with Crippen molar-refractivity contribution in [3.63, 3.8) is 0 Å². The van der Waals surface area contributed by atoms with Crippen molar-refractivity contribution in [3.8, 4) is 39.8 Å². The highest BCUT2D eigenvalue weighted by Gasteiger charge is 2.19. The molecule has 0 bridgehead atoms. The van der Waals surface area contributed by atoms with E-state index in [9.17, 15) is 9.90 Å². The van der Waals surface area contributed by atoms with Crippen molar-refractivity contribution in [2.45, 2.75) is 0 Å². The van der Waals surface area contributed by atoms with Crippen molar-refractivity contribution in [1.82, 2.24) is 14.5 Å². The summed E-state index contributed by atoms with van der Waals surface area (Å²) in [6.45, 7) is 0. The van der Waals surface area contributed by atoms with Crippen LogP contribution in [0.5, 0.6) is 11.5 Å². The minimum atomic E-state index is -0.365. The van der Waals surface area contributed by atoms with E-state index >= 15 is 0 Å². The van der Waals surface area contributed by atoms with E-state index in [2.05, 4.69) is 9.97 Å². The molecular formula is C24H17N3O4S. The average molecular weight is 443 g/mol. The third-order valence-electron chi connectivity index (χ3n) is 5.16. The molecule has 32 heavy (non-hydrogen) atoms. The van der Waals surface area contributed by atoms with Crippen LogP contribution in [0.4, 0.5) is 0 Å². The Kier molecular flexibility index (Phi) is 4.84. The number of hydrogen-bond donors (Lipinski definition) is 2. The van der Waals surface area contributed by atoms with Gasteiger partial charge in [-0.2, -0.15) is 0 Å². The first-order valence-corrected chi connectivity index (χ1v) is 10.1. The number of aromatic amines is 1. The minimum Gasteiger partial charge on any atom is -0.507 e. The number of methoxy groups -OCH3 is 1. The zero-order valence-corrected chi connectivity index (χ0v) is 17.7. The average Bonchev–Trinajstić information content (AvgIpc) is 3.34. The Morgan fingerprint density at radius 1 is 1.06 bits per heavy atom. The molecule has 5 aromatic rings. The Morgan fingerprint density at radius 3 is 2.59 bits per heavy atom. The SMILES string of the molecule is COc1ccccc1-n1c(=S)[nH]c2nc(-c3ccccc3O)cc(-c3ccco3)c2c1=O. The normalized spacial score (nSPS) is 11.0. The van der Waals surface area contributed by atoms with Crippen molar-refractivity contribution < 1.29 is 14.3 Å². The van der Waals surface area contributed by atoms with Crippen LogP contribution in [-0.4, -0.2) is 26.8 Å². The lowest BCUT2D eigenvalue weighted by Gasteiger charge is -2.14. The fraction of sp³-hybridized carbons (Fsp3) is 0.0417. The van der Waals surface area contributed by atoms with Crippen LogP contribution < -0.4 is 10.3 Å². The van der Waals surface area contributed by atoms with Crippen molar-refractivity contribution in [3.05, 3.63) is 88.1 Å². The number of phenolic OH excluding ortho intramolecular Hbond substituents is 1. The molecule has 0 saturated heterocycles. The molecule has 0 unspecified atom stereocenters. The number of ether oxygens (including phenoxy) is 1. The number of rotatable bonds is 4. The lowest BCUT2D eigenvalue weighted by atomic mass is 10.0. The highest BCUT2D eigenvalue weighted by Crippen LogP contribution is 2.34. The number of pyridine rings is 1. The van der Waals surface area contributed by atoms with Crippen LogP contribution in [0, 0.1) is 4.77 Å². The molecule has 3 aromatic heterocycles. The third-order valence-corrected chi connectivity index (χ3v) is 5.44. The van der Waals surface area contributed by atoms with Gasteiger partial charge < -0.3 is 19.2 Å². The first kappa shape index (κ1) is 19.8. The van der Waals surface area contributed by atoms with E-state index in [1.54, 1.807) is 60.7 Å². The standard InChI is InChI=1S/C24H17N3O4S/c1-30-20-10-5-3-8-17(20)27-23(29)21-15(19-11-6-12-31-19)13-16(25-22(21)26-24(27)32)14-7-2-4-9-18(14)28/h2-13,28H,1H3,(H,25,26,32). The predicted molar refractivity (Wildman–Crippen MR) is 124 cm³/mol. The Bertz CT molecular complexity index is 1570. The number of phenols is 1. The third kappa shape index (κ3) is 3.17. The summed E-state index contributed by atoms with van der Waals surface area (Å²) in [6.07, 6.45) is 1.53. The molecule has 0 atom stereocenters. The first-order chi connectivity index (χ1) is 15.6. The van der Waals surface area contributed by atoms with Gasteiger partial charge in [-0.15, -0.1) is 0 Å². The molecule has 0 spiro atoms. The molecule has 7 nitrogen and oxygen atoms in total. The Morgan fingerprint density at radius 2 is 1.84 bits per heavy atom. The number of aromatic nitrogens is 3. The van der Waals surface area contributed by atoms with Gasteiger partial charge in [0.1, 0.15) is 22.9 Å². The number of aromatic hydroxyl groups is 1. The largest absolute Gasteiger partial charge is 0.507 e. The molecule has 5 rings (SSSR count). The van der Waals surface area contributed by atoms with Crippen molar-refractivity contribution >= 4 is 23.3 Å². The number of H-pyrrole nitrogens is 1. The molecule has 2 aromatic carbocycles. The second kappa shape index (κ2) is 7.82. The van der Waals surface area contributed by atoms with E-state index in [1.165, 1.54) is 17.9 Å². The van der Waals surface area contributed by atoms with Crippen LogP contribution in [0.15, 0.2) is 82.2 Å². The number of nitrogens with zero attached hydrogens (tertiary/aromatic N) is 2. The molecule has 0 aliphatic carbocycles. The molecule has 2 N–H and O–H groups in total. The maximum Gasteiger partial charge on any atom is 0.269 e. The smallest absolute Gasteiger partial charge is 0.269 e. The molecule has 158 valence electrons. The number of nitrogens with one attached hydrogen (secondary N) is 1. The Balaban J connectivity index is 1.89. The van der Waals surface area contributed by atoms with Gasteiger partial charge in [0.15, 0.2) is 4.77 Å². The molecule has 0 aliphatic rings. The van der Waals surface area contributed by atoms with Gasteiger partial charge in [0.2, 0.25) is 0 Å². The molecule has 0 radical (unpaired) electrons. The lowest BCUT2D eigenvalue weighted by molar-refractivity contribution is 0.412. The molecule has 0 amide bonds. The van der Waals surface area contributed by atoms with Gasteiger partial charge in [-0.25, -0.2) is 9.55 Å². The van der Waals surface area contributed by atoms with Crippen molar-refractivity contribution in [1.29, 1.82) is 0 Å². The summed E-state index contributed by atoms with van der Waals surface area (Å²) in [5, 5.41) is 10.6. The molecule has 8 heteroatoms. The minimum absolute atomic E-state index is 0.0747. The van der Waals surface area contributed by atoms with Gasteiger partial charge in [0, 0.05) is 11.1 Å². The van der Waals surface area contributed by atoms with Gasteiger partial charge in [0.05, 0.1) is 30.1 Å². The van der Waals surface area contributed by atoms with E-state index in [0.717, 1.165) is 0 Å². The quantitative estimate of drug-likeness (QED) is 0.376. The predicted octanol–water partition coefficient (Wildman–Crippen LogP) is 5.08. The molecule has 0 saturated carbocycles. The van der Waals surface area contributed by atoms with E-state index in [1.807, 2.05) is 6.07 Å². The van der Waals surface area contributed by atoms with Crippen LogP contribution in [0.3, 0.4) is 0 Å². The number of para-hydroxylation sites is 3. The molecule has 0 aliphatic heterocycles. The summed E-state index contributed by atoms with van der Waals surface area (Å²) in [5.74, 6) is 1.07. The molecule has 0 fully saturated rings. The van der Waals surface area contributed by atoms with Gasteiger partial charge in [-0.3, -0.25) is 4.79 Å². The van der Waals surface area contributed by atoms with Crippen molar-refractivity contribution in [2.75, 3.05) is 7.11 Å². The highest BCUT2D eigenvalue weighted by atomic mass is 32.1. The molecule has 3 heterocycles. The Labute approximate surface area is 187 Å². The first-order valence-electron chi connectivity index (χ1n) is 9.74. The topological polar surface area (TPSA) is 93.3 Å². The summed E-state index contributed by atoms with van der Waals surface area (Å²) >= 11 is 5.52. The number of furan rings is 1. The second-order valence-corrected chi connectivity index (χ2v) is 7.40. The van der Waals surface area contributed by atoms with Gasteiger partial charge in [-0.05, 0) is 54.7 Å². The maximum absolute atomic E-state index is 13.7. The zero-order chi connectivity index (χ0) is 22.2. The van der Waals surface area contributed by atoms with E-state index in [0.29, 0.717) is 45.1 Å². The van der Waals surface area contributed by atoms with Crippen LogP contribution in [0.1, 0.15) is 0 Å². The Hall–Kier alpha value is -4.17. The van der Waals surface area contributed by atoms with Crippen LogP contribution >= 0.6 is 12.2 Å². The summed E-state index contributed by atoms with van der Waals surface area (Å²) < 4.78 is 12.6. The second-order valence-electron chi connectivity index (χ2n) is 7.02. The summed E-state index contributed by atoms with van der Waals surface area (Å²) in [4.78, 5) is 21.4. The maximum atomic E-state index is 13.7. The zero-order valence-electron chi connectivity index (χ0n) is 16.9. The summed E-state index contributed by atoms with van der Waals surface area (Å²) in [5.41, 5.74) is 1.96. The van der Waals surface area contributed by atoms with E-state index < -0.39 is 0 Å². The number of hydrogen-bond acceptors (Lipinski definition) is 6. The van der Waals surface area contributed by atoms with E-state index in [-0.39, 0.29) is 16.1 Å². The fourth-order valence-corrected chi connectivity index (χ4v) is 3.98. The fourth-order valence-electron chi connectivity index (χ4n) is 3.70. The van der Waals surface area contributed by atoms with Gasteiger partial charge in [0.25, 0.3) is 5.56 Å². The number of benzene rings is 2. The lowest BCUT2D eigenvalue weighted by Crippen LogP contribution is -2.22. The highest BCUT2D eigenvalue weighted by molar-refractivity contribution is 7.71. The summed E-state index contributed by atoms with van der Waals surface area (Å²) in [7, 11) is 1.53. The monoisotopic (exact) mass is 443 g/mol. The van der Waals surface area contributed by atoms with Crippen molar-refractivity contribution in [2.24, 2.45) is 0 Å². The van der Waals surface area contributed by atoms with Crippen LogP contribution in [0.25, 0.3) is 39.3 Å². The van der Waals surface area contributed by atoms with E-state index in [4.69, 9.17) is 21.4 Å². The summed E-state index contributed by atoms with van der Waals surface area (Å²) in [6, 6.07) is 19.2. The van der Waals surface area contributed by atoms with Crippen LogP contribution in [0.2, 0.25) is 0 Å². The van der Waals surface area contributed by atoms with Crippen LogP contribution in [-0.2, 0) is 0 Å². The molecular weight excluding hydrogens is 426 g/mol. The van der Waals surface area contributed by atoms with Gasteiger partial charge in [-0.1, -0.05) is 24.3 Å². The number of fused-ring (bicyclic) bond motifs is 1.